The average Bonchev–Trinajstić information content (AvgIpc) is 2.85. The van der Waals surface area contributed by atoms with Gasteiger partial charge in [0.2, 0.25) is 0 Å². The van der Waals surface area contributed by atoms with Gasteiger partial charge in [-0.1, -0.05) is 6.07 Å². The third kappa shape index (κ3) is 3.32. The average molecular weight is 348 g/mol. The standard InChI is InChI=1S/C18H24N2O5/c1-11(2)20-17(22)15(16(18(20)23)19(3)8-9-21)12-6-7-13(24-4)14(10-12)25-5/h6-7,10-11,21H,8-9H2,1-5H3. The van der Waals surface area contributed by atoms with Crippen molar-refractivity contribution in [1.29, 1.82) is 0 Å². The van der Waals surface area contributed by atoms with Crippen LogP contribution in [0.5, 0.6) is 11.5 Å². The van der Waals surface area contributed by atoms with Gasteiger partial charge in [0.1, 0.15) is 5.70 Å². The normalized spacial score (nSPS) is 14.6. The fraction of sp³-hybridized carbons (Fsp3) is 0.444. The first-order valence-electron chi connectivity index (χ1n) is 8.03. The molecule has 0 atom stereocenters. The number of hydrogen-bond donors (Lipinski definition) is 1. The van der Waals surface area contributed by atoms with E-state index in [4.69, 9.17) is 9.47 Å². The highest BCUT2D eigenvalue weighted by Crippen LogP contribution is 2.36. The molecule has 0 radical (unpaired) electrons. The second-order valence-electron chi connectivity index (χ2n) is 6.01. The van der Waals surface area contributed by atoms with E-state index >= 15 is 0 Å². The summed E-state index contributed by atoms with van der Waals surface area (Å²) in [5, 5.41) is 9.22. The fourth-order valence-corrected chi connectivity index (χ4v) is 2.87. The number of hydrogen-bond acceptors (Lipinski definition) is 6. The van der Waals surface area contributed by atoms with E-state index in [0.29, 0.717) is 22.6 Å². The number of nitrogens with zero attached hydrogens (tertiary/aromatic N) is 2. The Bertz CT molecular complexity index is 711. The number of rotatable bonds is 7. The van der Waals surface area contributed by atoms with Crippen LogP contribution in [0.3, 0.4) is 0 Å². The zero-order valence-electron chi connectivity index (χ0n) is 15.2. The molecule has 0 saturated heterocycles. The van der Waals surface area contributed by atoms with Gasteiger partial charge < -0.3 is 19.5 Å². The molecule has 1 aromatic carbocycles. The molecule has 136 valence electrons. The number of likely N-dealkylation sites (N-methyl/N-ethyl adjacent to an activating group) is 1. The topological polar surface area (TPSA) is 79.3 Å². The molecule has 1 aliphatic heterocycles. The summed E-state index contributed by atoms with van der Waals surface area (Å²) in [6.07, 6.45) is 0. The zero-order chi connectivity index (χ0) is 18.7. The quantitative estimate of drug-likeness (QED) is 0.744. The van der Waals surface area contributed by atoms with Crippen LogP contribution >= 0.6 is 0 Å². The van der Waals surface area contributed by atoms with E-state index in [1.165, 1.54) is 19.1 Å². The van der Waals surface area contributed by atoms with Crippen LogP contribution in [0.4, 0.5) is 0 Å². The maximum atomic E-state index is 12.9. The summed E-state index contributed by atoms with van der Waals surface area (Å²) >= 11 is 0. The van der Waals surface area contributed by atoms with Crippen LogP contribution in [0.2, 0.25) is 0 Å². The molecule has 0 aromatic heterocycles. The second-order valence-corrected chi connectivity index (χ2v) is 6.01. The van der Waals surface area contributed by atoms with E-state index in [-0.39, 0.29) is 36.7 Å². The summed E-state index contributed by atoms with van der Waals surface area (Å²) in [6, 6.07) is 4.82. The number of carbonyl (C=O) groups is 2. The molecule has 0 spiro atoms. The highest BCUT2D eigenvalue weighted by atomic mass is 16.5. The highest BCUT2D eigenvalue weighted by molar-refractivity contribution is 6.35. The molecule has 0 saturated carbocycles. The van der Waals surface area contributed by atoms with Crippen molar-refractivity contribution < 1.29 is 24.2 Å². The number of imide groups is 1. The lowest BCUT2D eigenvalue weighted by Gasteiger charge is -2.22. The fourth-order valence-electron chi connectivity index (χ4n) is 2.87. The summed E-state index contributed by atoms with van der Waals surface area (Å²) < 4.78 is 10.5. The maximum Gasteiger partial charge on any atom is 0.278 e. The third-order valence-corrected chi connectivity index (χ3v) is 4.10. The van der Waals surface area contributed by atoms with Crippen molar-refractivity contribution in [2.45, 2.75) is 19.9 Å². The van der Waals surface area contributed by atoms with Crippen LogP contribution in [-0.4, -0.2) is 67.2 Å². The first-order valence-corrected chi connectivity index (χ1v) is 8.03. The van der Waals surface area contributed by atoms with E-state index in [2.05, 4.69) is 0 Å². The van der Waals surface area contributed by atoms with Crippen LogP contribution in [0.25, 0.3) is 5.57 Å². The Balaban J connectivity index is 2.63. The monoisotopic (exact) mass is 348 g/mol. The van der Waals surface area contributed by atoms with E-state index in [1.54, 1.807) is 44.0 Å². The summed E-state index contributed by atoms with van der Waals surface area (Å²) in [6.45, 7) is 3.70. The van der Waals surface area contributed by atoms with Gasteiger partial charge in [0.25, 0.3) is 11.8 Å². The lowest BCUT2D eigenvalue weighted by molar-refractivity contribution is -0.139. The summed E-state index contributed by atoms with van der Waals surface area (Å²) in [4.78, 5) is 28.6. The third-order valence-electron chi connectivity index (χ3n) is 4.10. The van der Waals surface area contributed by atoms with Gasteiger partial charge in [-0.15, -0.1) is 0 Å². The molecule has 0 aliphatic carbocycles. The lowest BCUT2D eigenvalue weighted by Crippen LogP contribution is -2.39. The molecule has 1 aromatic rings. The van der Waals surface area contributed by atoms with Crippen molar-refractivity contribution in [3.05, 3.63) is 29.5 Å². The number of ether oxygens (including phenoxy) is 2. The highest BCUT2D eigenvalue weighted by Gasteiger charge is 2.42. The van der Waals surface area contributed by atoms with E-state index in [1.807, 2.05) is 0 Å². The van der Waals surface area contributed by atoms with Gasteiger partial charge in [0.05, 0.1) is 26.4 Å². The molecule has 2 amide bonds. The minimum Gasteiger partial charge on any atom is -0.493 e. The van der Waals surface area contributed by atoms with Gasteiger partial charge in [-0.3, -0.25) is 14.5 Å². The van der Waals surface area contributed by atoms with Crippen LogP contribution < -0.4 is 9.47 Å². The molecule has 0 fully saturated rings. The zero-order valence-corrected chi connectivity index (χ0v) is 15.2. The number of aliphatic hydroxyl groups excluding tert-OH is 1. The predicted octanol–water partition coefficient (Wildman–Crippen LogP) is 1.12. The van der Waals surface area contributed by atoms with E-state index < -0.39 is 0 Å². The molecule has 0 bridgehead atoms. The van der Waals surface area contributed by atoms with Crippen molar-refractivity contribution in [2.24, 2.45) is 0 Å². The van der Waals surface area contributed by atoms with Crippen molar-refractivity contribution in [3.8, 4) is 11.5 Å². The molecule has 7 heteroatoms. The first-order chi connectivity index (χ1) is 11.9. The number of methoxy groups -OCH3 is 2. The Morgan fingerprint density at radius 2 is 1.76 bits per heavy atom. The summed E-state index contributed by atoms with van der Waals surface area (Å²) in [7, 11) is 4.72. The van der Waals surface area contributed by atoms with Gasteiger partial charge in [-0.05, 0) is 31.5 Å². The molecule has 1 aliphatic rings. The molecule has 2 rings (SSSR count). The van der Waals surface area contributed by atoms with Gasteiger partial charge in [-0.2, -0.15) is 0 Å². The van der Waals surface area contributed by atoms with Crippen molar-refractivity contribution in [1.82, 2.24) is 9.80 Å². The minimum atomic E-state index is -0.360. The molecular weight excluding hydrogens is 324 g/mol. The number of amides is 2. The number of aliphatic hydroxyl groups is 1. The Kier molecular flexibility index (Phi) is 5.69. The lowest BCUT2D eigenvalue weighted by atomic mass is 10.0. The van der Waals surface area contributed by atoms with Crippen molar-refractivity contribution in [3.63, 3.8) is 0 Å². The van der Waals surface area contributed by atoms with Gasteiger partial charge >= 0.3 is 0 Å². The van der Waals surface area contributed by atoms with Gasteiger partial charge in [0, 0.05) is 19.6 Å². The molecular formula is C18H24N2O5. The number of carbonyl (C=O) groups excluding carboxylic acids is 2. The Hall–Kier alpha value is -2.54. The van der Waals surface area contributed by atoms with Gasteiger partial charge in [0.15, 0.2) is 11.5 Å². The predicted molar refractivity (Wildman–Crippen MR) is 93.2 cm³/mol. The summed E-state index contributed by atoms with van der Waals surface area (Å²) in [5.74, 6) is 0.294. The maximum absolute atomic E-state index is 12.9. The molecule has 0 unspecified atom stereocenters. The smallest absolute Gasteiger partial charge is 0.278 e. The Morgan fingerprint density at radius 3 is 2.28 bits per heavy atom. The van der Waals surface area contributed by atoms with Crippen molar-refractivity contribution in [2.75, 3.05) is 34.4 Å². The molecule has 1 N–H and O–H groups in total. The molecule has 25 heavy (non-hydrogen) atoms. The van der Waals surface area contributed by atoms with Crippen LogP contribution in [0, 0.1) is 0 Å². The Morgan fingerprint density at radius 1 is 1.12 bits per heavy atom. The SMILES string of the molecule is COc1ccc(C2=C(N(C)CCO)C(=O)N(C(C)C)C2=O)cc1OC. The van der Waals surface area contributed by atoms with Crippen LogP contribution in [0.15, 0.2) is 23.9 Å². The van der Waals surface area contributed by atoms with E-state index in [9.17, 15) is 14.7 Å². The summed E-state index contributed by atoms with van der Waals surface area (Å²) in [5.41, 5.74) is 1.15. The first kappa shape index (κ1) is 18.8. The second kappa shape index (κ2) is 7.57. The molecule has 1 heterocycles. The molecule has 7 nitrogen and oxygen atoms in total. The van der Waals surface area contributed by atoms with Crippen LogP contribution in [-0.2, 0) is 9.59 Å². The van der Waals surface area contributed by atoms with Gasteiger partial charge in [-0.25, -0.2) is 0 Å². The largest absolute Gasteiger partial charge is 0.493 e. The minimum absolute atomic E-state index is 0.123. The Labute approximate surface area is 147 Å². The van der Waals surface area contributed by atoms with Crippen molar-refractivity contribution >= 4 is 17.4 Å². The number of benzene rings is 1. The van der Waals surface area contributed by atoms with E-state index in [0.717, 1.165) is 0 Å². The van der Waals surface area contributed by atoms with Crippen LogP contribution in [0.1, 0.15) is 19.4 Å².